The summed E-state index contributed by atoms with van der Waals surface area (Å²) in [6.45, 7) is 0. The Morgan fingerprint density at radius 3 is 0.190 bits per heavy atom. The molecule has 58 heavy (non-hydrogen) atoms. The topological polar surface area (TPSA) is 0 Å². The molecule has 58 heteroatoms. The molecule has 0 aliphatic carbocycles. The van der Waals surface area contributed by atoms with E-state index in [1.807, 2.05) is 0 Å². The van der Waals surface area contributed by atoms with Crippen LogP contribution in [0.3, 0.4) is 0 Å². The van der Waals surface area contributed by atoms with Gasteiger partial charge in [0.25, 0.3) is 0 Å². The summed E-state index contributed by atoms with van der Waals surface area (Å²) in [6.07, 6.45) is 0. The second-order valence-corrected chi connectivity index (χ2v) is 1370. The quantitative estimate of drug-likeness (QED) is 0.0719. The van der Waals surface area contributed by atoms with Crippen molar-refractivity contribution < 1.29 is 0 Å². The monoisotopic (exact) mass is 7360 g/mol. The van der Waals surface area contributed by atoms with Crippen LogP contribution in [0.5, 0.6) is 0 Å². The van der Waals surface area contributed by atoms with E-state index in [1.54, 1.807) is 0 Å². The summed E-state index contributed by atoms with van der Waals surface area (Å²) >= 11 is 98.9. The van der Waals surface area contributed by atoms with E-state index < -0.39 is 221 Å². The SMILES string of the molecule is II(I)I(I)I(I)I(I)I(I)I(I)I(I)I(I)I(I)I(I)I(I)I(I)I(I)I(I)I(I)I(I)I(I)I(I)I(I)I(I)I(I)I(I)I(I)I(I)I(I)I(I)I(I)I(I)I. The zero-order chi connectivity index (χ0) is 46.2. The Morgan fingerprint density at radius 2 is 0.138 bits per heavy atom. The molecule has 406 valence electrons. The summed E-state index contributed by atoms with van der Waals surface area (Å²) in [4.78, 5) is 0. The number of rotatable bonds is 27. The molecular weight excluding hydrogens is 7360 g/mol. The molecule has 0 bridgehead atoms. The summed E-state index contributed by atoms with van der Waals surface area (Å²) < 4.78 is 0. The van der Waals surface area contributed by atoms with Crippen LogP contribution in [0.25, 0.3) is 0 Å². The van der Waals surface area contributed by atoms with Crippen molar-refractivity contribution in [2.75, 3.05) is 0 Å². The Labute approximate surface area is 733 Å². The van der Waals surface area contributed by atoms with Crippen molar-refractivity contribution in [2.45, 2.75) is 0 Å². The van der Waals surface area contributed by atoms with Crippen molar-refractivity contribution in [2.24, 2.45) is 0 Å². The van der Waals surface area contributed by atoms with Gasteiger partial charge in [0, 0.05) is 0 Å². The van der Waals surface area contributed by atoms with Gasteiger partial charge in [-0.25, -0.2) is 0 Å². The van der Waals surface area contributed by atoms with Crippen LogP contribution in [0.1, 0.15) is 0 Å². The molecule has 0 saturated carbocycles. The average Bonchev–Trinajstić information content (AvgIpc) is 3.21. The third kappa shape index (κ3) is 41.2. The van der Waals surface area contributed by atoms with Gasteiger partial charge in [0.15, 0.2) is 0 Å². The van der Waals surface area contributed by atoms with Crippen LogP contribution in [-0.2, 0) is 0 Å². The van der Waals surface area contributed by atoms with Crippen molar-refractivity contribution in [3.05, 3.63) is 0 Å². The molecule has 0 unspecified atom stereocenters. The van der Waals surface area contributed by atoms with Crippen molar-refractivity contribution in [1.82, 2.24) is 0 Å². The predicted octanol–water partition coefficient (Wildman–Crippen LogP) is 51.4. The van der Waals surface area contributed by atoms with E-state index in [1.165, 1.54) is 0 Å². The molecule has 0 aromatic heterocycles. The summed E-state index contributed by atoms with van der Waals surface area (Å²) in [5.74, 6) is 0. The molecule has 0 nitrogen and oxygen atoms in total. The van der Waals surface area contributed by atoms with Gasteiger partial charge in [-0.15, -0.1) is 0 Å². The van der Waals surface area contributed by atoms with Crippen LogP contribution < -0.4 is 0 Å². The van der Waals surface area contributed by atoms with Crippen molar-refractivity contribution >= 4 is 780 Å². The van der Waals surface area contributed by atoms with Crippen molar-refractivity contribution in [3.8, 4) is 0 Å². The van der Waals surface area contributed by atoms with Crippen LogP contribution in [0.15, 0.2) is 0 Å². The maximum absolute atomic E-state index is 3.41. The van der Waals surface area contributed by atoms with E-state index in [0.717, 1.165) is 0 Å². The predicted molar refractivity (Wildman–Crippen MR) is 813 cm³/mol. The first-order valence-electron chi connectivity index (χ1n) is 8.14. The molecule has 0 radical (unpaired) electrons. The summed E-state index contributed by atoms with van der Waals surface area (Å²) in [7, 11) is -15.5. The van der Waals surface area contributed by atoms with E-state index in [9.17, 15) is 0 Å². The third-order valence-corrected chi connectivity index (χ3v) is 4460. The van der Waals surface area contributed by atoms with E-state index in [2.05, 4.69) is 558 Å². The standard InChI is InChI=1S/I58/c1-31(2)33(5)35(7)37(9)39(11)41(13)43(15)45(17)47(19)49(21)51(23)53(25)55(27)57(29)58(30)56(28)54(26)52(24)50(22)48(20)46(18)44(16)42(14)40(12)38(10)36(8)34(6)32(3)4. The fourth-order valence-corrected chi connectivity index (χ4v) is 10900. The second-order valence-electron chi connectivity index (χ2n) is 4.54. The molecule has 0 rings (SSSR count). The van der Waals surface area contributed by atoms with Crippen LogP contribution in [-0.4, -0.2) is 0 Å². The number of hydrogen-bond donors (Lipinski definition) is 0. The first-order chi connectivity index (χ1) is 26.3. The normalized spacial score (nSPS) is 18.9. The van der Waals surface area contributed by atoms with Crippen molar-refractivity contribution in [3.63, 3.8) is 0 Å². The zero-order valence-corrected chi connectivity index (χ0v) is 147. The third-order valence-electron chi connectivity index (χ3n) is 2.20. The van der Waals surface area contributed by atoms with E-state index in [-0.39, 0.29) is 0 Å². The van der Waals surface area contributed by atoms with Crippen molar-refractivity contribution in [1.29, 1.82) is 0 Å². The summed E-state index contributed by atoms with van der Waals surface area (Å²) in [6, 6.07) is 0. The average molecular weight is 7360 g/mol. The van der Waals surface area contributed by atoms with Gasteiger partial charge in [0.05, 0.1) is 0 Å². The molecule has 0 aliphatic rings. The van der Waals surface area contributed by atoms with E-state index in [4.69, 9.17) is 0 Å². The fourth-order valence-electron chi connectivity index (χ4n) is 0.802. The van der Waals surface area contributed by atoms with Gasteiger partial charge in [-0.3, -0.25) is 0 Å². The Hall–Kier alpha value is 42.3. The molecule has 0 saturated heterocycles. The molecule has 0 heterocycles. The van der Waals surface area contributed by atoms with Gasteiger partial charge in [-0.05, 0) is 0 Å². The zero-order valence-electron chi connectivity index (χ0n) is 21.9. The minimum atomic E-state index is -0.598. The first kappa shape index (κ1) is 100. The fraction of sp³-hybridized carbons (Fsp3) is 0. The van der Waals surface area contributed by atoms with Gasteiger partial charge in [-0.2, -0.15) is 0 Å². The Balaban J connectivity index is 5.65. The summed E-state index contributed by atoms with van der Waals surface area (Å²) in [5.41, 5.74) is 0. The molecular formula is I58. The van der Waals surface area contributed by atoms with Gasteiger partial charge >= 0.3 is 780 Å². The van der Waals surface area contributed by atoms with Gasteiger partial charge in [0.2, 0.25) is 0 Å². The van der Waals surface area contributed by atoms with Gasteiger partial charge < -0.3 is 0 Å². The minimum absolute atomic E-state index is 0.471. The molecule has 0 atom stereocenters. The van der Waals surface area contributed by atoms with Gasteiger partial charge in [-0.1, -0.05) is 0 Å². The molecule has 0 aromatic carbocycles. The Kier molecular flexibility index (Phi) is 104. The van der Waals surface area contributed by atoms with E-state index >= 15 is 0 Å². The van der Waals surface area contributed by atoms with Crippen LogP contribution in [0, 0.1) is 0 Å². The summed E-state index contributed by atoms with van der Waals surface area (Å²) in [5, 5.41) is 0. The Bertz CT molecular complexity index is 986. The molecule has 0 aromatic rings. The molecule has 0 fully saturated rings. The van der Waals surface area contributed by atoms with E-state index in [0.29, 0.717) is 0 Å². The van der Waals surface area contributed by atoms with Crippen LogP contribution in [0.4, 0.5) is 0 Å². The first-order valence-corrected chi connectivity index (χ1v) is 366. The number of hydrogen-bond acceptors (Lipinski definition) is 0. The molecule has 0 spiro atoms. The maximum atomic E-state index is 3.41. The van der Waals surface area contributed by atoms with Crippen LogP contribution in [0.2, 0.25) is 0 Å². The second kappa shape index (κ2) is 60.2. The van der Waals surface area contributed by atoms with Crippen LogP contribution >= 0.6 is 780 Å². The number of halogens is 58. The molecule has 0 aliphatic heterocycles. The Morgan fingerprint density at radius 1 is 0.0862 bits per heavy atom. The molecule has 0 N–H and O–H groups in total. The molecule has 0 amide bonds. The van der Waals surface area contributed by atoms with Gasteiger partial charge in [0.1, 0.15) is 0 Å².